The molecule has 0 radical (unpaired) electrons. The van der Waals surface area contributed by atoms with Crippen LogP contribution in [0, 0.1) is 6.92 Å². The van der Waals surface area contributed by atoms with Gasteiger partial charge in [-0.25, -0.2) is 4.68 Å². The summed E-state index contributed by atoms with van der Waals surface area (Å²) in [6.07, 6.45) is 3.26. The van der Waals surface area contributed by atoms with E-state index in [1.807, 2.05) is 55.5 Å². The van der Waals surface area contributed by atoms with E-state index >= 15 is 0 Å². The average Bonchev–Trinajstić information content (AvgIpc) is 3.54. The van der Waals surface area contributed by atoms with E-state index in [0.29, 0.717) is 37.6 Å². The number of aromatic amines is 1. The van der Waals surface area contributed by atoms with Gasteiger partial charge >= 0.3 is 0 Å². The number of pyridine rings is 1. The number of furan rings is 2. The lowest BCUT2D eigenvalue weighted by Gasteiger charge is -2.20. The summed E-state index contributed by atoms with van der Waals surface area (Å²) in [5.74, 6) is 2.22. The second-order valence-electron chi connectivity index (χ2n) is 7.77. The van der Waals surface area contributed by atoms with Gasteiger partial charge < -0.3 is 13.8 Å². The summed E-state index contributed by atoms with van der Waals surface area (Å²) in [7, 11) is 0. The summed E-state index contributed by atoms with van der Waals surface area (Å²) in [4.78, 5) is 17.9. The van der Waals surface area contributed by atoms with Crippen LogP contribution in [0.1, 0.15) is 28.5 Å². The molecule has 1 N–H and O–H groups in total. The van der Waals surface area contributed by atoms with Gasteiger partial charge in [0.05, 0.1) is 25.6 Å². The molecule has 32 heavy (non-hydrogen) atoms. The molecule has 4 heterocycles. The van der Waals surface area contributed by atoms with Crippen molar-refractivity contribution in [2.75, 3.05) is 0 Å². The zero-order valence-electron chi connectivity index (χ0n) is 17.6. The molecule has 9 nitrogen and oxygen atoms in total. The molecule has 5 aromatic rings. The smallest absolute Gasteiger partial charge is 0.252 e. The standard InChI is InChI=1S/C23H22N6O3/c1-16-6-7-17-11-18(23(30)24-21(17)10-16)12-28(13-19-4-2-8-31-19)15-22-25-26-27-29(22)14-20-5-3-9-32-20/h2-11H,12-15H2,1H3,(H,24,30). The molecule has 5 rings (SSSR count). The number of benzene rings is 1. The molecule has 0 saturated heterocycles. The highest BCUT2D eigenvalue weighted by atomic mass is 16.3. The van der Waals surface area contributed by atoms with E-state index < -0.39 is 0 Å². The van der Waals surface area contributed by atoms with Crippen LogP contribution >= 0.6 is 0 Å². The maximum absolute atomic E-state index is 12.8. The number of rotatable bonds is 8. The number of aryl methyl sites for hydroxylation is 1. The third-order valence-corrected chi connectivity index (χ3v) is 5.29. The van der Waals surface area contributed by atoms with E-state index in [0.717, 1.165) is 28.0 Å². The van der Waals surface area contributed by atoms with Crippen LogP contribution in [0.25, 0.3) is 10.9 Å². The molecule has 0 unspecified atom stereocenters. The molecule has 0 amide bonds. The van der Waals surface area contributed by atoms with Crippen LogP contribution in [-0.2, 0) is 26.2 Å². The van der Waals surface area contributed by atoms with Crippen LogP contribution in [0.15, 0.2) is 74.7 Å². The van der Waals surface area contributed by atoms with Gasteiger partial charge in [0.25, 0.3) is 5.56 Å². The van der Waals surface area contributed by atoms with E-state index in [-0.39, 0.29) is 5.56 Å². The summed E-state index contributed by atoms with van der Waals surface area (Å²) < 4.78 is 12.7. The normalized spacial score (nSPS) is 11.6. The predicted octanol–water partition coefficient (Wildman–Crippen LogP) is 3.26. The van der Waals surface area contributed by atoms with Gasteiger partial charge in [-0.1, -0.05) is 12.1 Å². The average molecular weight is 430 g/mol. The van der Waals surface area contributed by atoms with Gasteiger partial charge in [-0.15, -0.1) is 5.10 Å². The Morgan fingerprint density at radius 2 is 1.81 bits per heavy atom. The summed E-state index contributed by atoms with van der Waals surface area (Å²) in [6.45, 7) is 3.78. The largest absolute Gasteiger partial charge is 0.468 e. The topological polar surface area (TPSA) is 106 Å². The van der Waals surface area contributed by atoms with E-state index in [2.05, 4.69) is 25.4 Å². The predicted molar refractivity (Wildman–Crippen MR) is 117 cm³/mol. The Morgan fingerprint density at radius 3 is 2.59 bits per heavy atom. The van der Waals surface area contributed by atoms with Crippen molar-refractivity contribution in [2.45, 2.75) is 33.1 Å². The first-order chi connectivity index (χ1) is 15.6. The summed E-state index contributed by atoms with van der Waals surface area (Å²) in [5.41, 5.74) is 2.49. The first kappa shape index (κ1) is 20.0. The number of hydrogen-bond acceptors (Lipinski definition) is 7. The molecule has 0 spiro atoms. The van der Waals surface area contributed by atoms with E-state index in [1.54, 1.807) is 17.2 Å². The zero-order valence-corrected chi connectivity index (χ0v) is 17.6. The van der Waals surface area contributed by atoms with Gasteiger partial charge in [0.15, 0.2) is 5.82 Å². The highest BCUT2D eigenvalue weighted by Crippen LogP contribution is 2.17. The maximum Gasteiger partial charge on any atom is 0.252 e. The highest BCUT2D eigenvalue weighted by molar-refractivity contribution is 5.79. The Labute approximate surface area is 183 Å². The van der Waals surface area contributed by atoms with Gasteiger partial charge in [0.2, 0.25) is 0 Å². The SMILES string of the molecule is Cc1ccc2cc(CN(Cc3ccco3)Cc3nnnn3Cc3ccco3)c(=O)[nH]c2c1. The van der Waals surface area contributed by atoms with Gasteiger partial charge in [0.1, 0.15) is 18.1 Å². The van der Waals surface area contributed by atoms with Crippen LogP contribution in [0.5, 0.6) is 0 Å². The molecular weight excluding hydrogens is 408 g/mol. The van der Waals surface area contributed by atoms with Crippen LogP contribution in [0.3, 0.4) is 0 Å². The summed E-state index contributed by atoms with van der Waals surface area (Å²) in [5, 5.41) is 13.1. The molecule has 0 fully saturated rings. The third kappa shape index (κ3) is 4.37. The van der Waals surface area contributed by atoms with Crippen molar-refractivity contribution < 1.29 is 8.83 Å². The van der Waals surface area contributed by atoms with Gasteiger partial charge in [-0.3, -0.25) is 9.69 Å². The number of aromatic nitrogens is 5. The Kier molecular flexibility index (Phi) is 5.39. The van der Waals surface area contributed by atoms with Gasteiger partial charge in [0, 0.05) is 17.6 Å². The number of nitrogens with one attached hydrogen (secondary N) is 1. The lowest BCUT2D eigenvalue weighted by Crippen LogP contribution is -2.28. The van der Waals surface area contributed by atoms with Crippen molar-refractivity contribution in [3.05, 3.63) is 99.9 Å². The Hall–Kier alpha value is -3.98. The number of fused-ring (bicyclic) bond motifs is 1. The number of hydrogen-bond donors (Lipinski definition) is 1. The van der Waals surface area contributed by atoms with Gasteiger partial charge in [-0.2, -0.15) is 0 Å². The van der Waals surface area contributed by atoms with Crippen molar-refractivity contribution in [3.8, 4) is 0 Å². The molecule has 0 aliphatic carbocycles. The van der Waals surface area contributed by atoms with Crippen molar-refractivity contribution in [1.29, 1.82) is 0 Å². The van der Waals surface area contributed by atoms with Crippen LogP contribution in [0.4, 0.5) is 0 Å². The number of tetrazole rings is 1. The minimum Gasteiger partial charge on any atom is -0.468 e. The lowest BCUT2D eigenvalue weighted by molar-refractivity contribution is 0.216. The quantitative estimate of drug-likeness (QED) is 0.403. The van der Waals surface area contributed by atoms with Crippen molar-refractivity contribution in [3.63, 3.8) is 0 Å². The van der Waals surface area contributed by atoms with E-state index in [4.69, 9.17) is 8.83 Å². The monoisotopic (exact) mass is 430 g/mol. The Morgan fingerprint density at radius 1 is 1.00 bits per heavy atom. The highest BCUT2D eigenvalue weighted by Gasteiger charge is 2.17. The van der Waals surface area contributed by atoms with Crippen LogP contribution < -0.4 is 5.56 Å². The zero-order chi connectivity index (χ0) is 21.9. The van der Waals surface area contributed by atoms with Crippen molar-refractivity contribution >= 4 is 10.9 Å². The maximum atomic E-state index is 12.8. The lowest BCUT2D eigenvalue weighted by atomic mass is 10.1. The van der Waals surface area contributed by atoms with Crippen molar-refractivity contribution in [1.82, 2.24) is 30.1 Å². The fourth-order valence-electron chi connectivity index (χ4n) is 3.72. The first-order valence-electron chi connectivity index (χ1n) is 10.3. The first-order valence-corrected chi connectivity index (χ1v) is 10.3. The summed E-state index contributed by atoms with van der Waals surface area (Å²) in [6, 6.07) is 15.4. The molecule has 0 aliphatic rings. The number of H-pyrrole nitrogens is 1. The Balaban J connectivity index is 1.43. The second kappa shape index (κ2) is 8.64. The second-order valence-corrected chi connectivity index (χ2v) is 7.77. The third-order valence-electron chi connectivity index (χ3n) is 5.29. The van der Waals surface area contributed by atoms with Gasteiger partial charge in [-0.05, 0) is 64.7 Å². The van der Waals surface area contributed by atoms with Crippen LogP contribution in [-0.4, -0.2) is 30.1 Å². The molecule has 0 bridgehead atoms. The molecule has 0 aliphatic heterocycles. The molecule has 4 aromatic heterocycles. The Bertz CT molecular complexity index is 1370. The number of nitrogens with zero attached hydrogens (tertiary/aromatic N) is 5. The molecule has 0 atom stereocenters. The minimum atomic E-state index is -0.109. The summed E-state index contributed by atoms with van der Waals surface area (Å²) >= 11 is 0. The fourth-order valence-corrected chi connectivity index (χ4v) is 3.72. The molecule has 0 saturated carbocycles. The van der Waals surface area contributed by atoms with Crippen molar-refractivity contribution in [2.24, 2.45) is 0 Å². The van der Waals surface area contributed by atoms with Crippen LogP contribution in [0.2, 0.25) is 0 Å². The minimum absolute atomic E-state index is 0.109. The fraction of sp³-hybridized carbons (Fsp3) is 0.217. The molecular formula is C23H22N6O3. The molecule has 9 heteroatoms. The van der Waals surface area contributed by atoms with E-state index in [1.165, 1.54) is 0 Å². The van der Waals surface area contributed by atoms with E-state index in [9.17, 15) is 4.79 Å². The molecule has 1 aromatic carbocycles. The molecule has 162 valence electrons.